The number of sulfone groups is 1. The number of hydrogen-bond acceptors (Lipinski definition) is 5. The number of rotatable bonds is 1. The van der Waals surface area contributed by atoms with Gasteiger partial charge in [-0.15, -0.1) is 0 Å². The smallest absolute Gasteiger partial charge is 0.196 e. The van der Waals surface area contributed by atoms with E-state index in [9.17, 15) is 8.42 Å². The van der Waals surface area contributed by atoms with E-state index in [0.717, 1.165) is 10.2 Å². The Labute approximate surface area is 126 Å². The van der Waals surface area contributed by atoms with Crippen LogP contribution in [-0.2, 0) is 9.84 Å². The molecule has 20 heavy (non-hydrogen) atoms. The number of para-hydroxylation sites is 1. The molecule has 0 amide bonds. The Kier molecular flexibility index (Phi) is 3.29. The summed E-state index contributed by atoms with van der Waals surface area (Å²) in [6.45, 7) is 0.565. The van der Waals surface area contributed by atoms with Gasteiger partial charge in [-0.2, -0.15) is 0 Å². The highest BCUT2D eigenvalue weighted by molar-refractivity contribution is 9.10. The van der Waals surface area contributed by atoms with Crippen LogP contribution >= 0.6 is 15.9 Å². The molecule has 1 spiro atoms. The number of benzene rings is 1. The SMILES string of the molecule is NC1=NCC2(CCS(=O)(=O)CC2)N1c1ccccc1Br. The van der Waals surface area contributed by atoms with E-state index in [2.05, 4.69) is 20.9 Å². The minimum Gasteiger partial charge on any atom is -0.369 e. The first-order chi connectivity index (χ1) is 9.44. The summed E-state index contributed by atoms with van der Waals surface area (Å²) in [6.07, 6.45) is 1.14. The summed E-state index contributed by atoms with van der Waals surface area (Å²) >= 11 is 3.54. The van der Waals surface area contributed by atoms with E-state index in [0.29, 0.717) is 25.3 Å². The summed E-state index contributed by atoms with van der Waals surface area (Å²) in [4.78, 5) is 6.37. The van der Waals surface area contributed by atoms with Crippen molar-refractivity contribution >= 4 is 37.4 Å². The van der Waals surface area contributed by atoms with Gasteiger partial charge in [0.15, 0.2) is 15.8 Å². The minimum absolute atomic E-state index is 0.205. The quantitative estimate of drug-likeness (QED) is 0.826. The number of halogens is 1. The zero-order valence-electron chi connectivity index (χ0n) is 10.9. The average molecular weight is 358 g/mol. The monoisotopic (exact) mass is 357 g/mol. The van der Waals surface area contributed by atoms with Crippen molar-refractivity contribution in [3.63, 3.8) is 0 Å². The maximum absolute atomic E-state index is 11.7. The molecule has 0 bridgehead atoms. The lowest BCUT2D eigenvalue weighted by molar-refractivity contribution is 0.409. The second-order valence-electron chi connectivity index (χ2n) is 5.34. The van der Waals surface area contributed by atoms with Crippen LogP contribution in [0.5, 0.6) is 0 Å². The third-order valence-corrected chi connectivity index (χ3v) is 6.41. The van der Waals surface area contributed by atoms with Crippen LogP contribution in [0.3, 0.4) is 0 Å². The van der Waals surface area contributed by atoms with E-state index in [1.165, 1.54) is 0 Å². The fraction of sp³-hybridized carbons (Fsp3) is 0.462. The Morgan fingerprint density at radius 1 is 1.25 bits per heavy atom. The highest BCUT2D eigenvalue weighted by atomic mass is 79.9. The number of nitrogens with zero attached hydrogens (tertiary/aromatic N) is 2. The zero-order valence-corrected chi connectivity index (χ0v) is 13.3. The van der Waals surface area contributed by atoms with Crippen LogP contribution in [0.1, 0.15) is 12.8 Å². The van der Waals surface area contributed by atoms with Gasteiger partial charge in [-0.3, -0.25) is 4.99 Å². The van der Waals surface area contributed by atoms with Gasteiger partial charge in [-0.05, 0) is 40.9 Å². The van der Waals surface area contributed by atoms with E-state index >= 15 is 0 Å². The largest absolute Gasteiger partial charge is 0.369 e. The topological polar surface area (TPSA) is 75.8 Å². The molecule has 7 heteroatoms. The molecule has 108 valence electrons. The molecule has 5 nitrogen and oxygen atoms in total. The second kappa shape index (κ2) is 4.73. The molecule has 0 unspecified atom stereocenters. The third-order valence-electron chi connectivity index (χ3n) is 4.09. The van der Waals surface area contributed by atoms with Crippen molar-refractivity contribution < 1.29 is 8.42 Å². The van der Waals surface area contributed by atoms with Gasteiger partial charge in [0.05, 0.1) is 29.3 Å². The Morgan fingerprint density at radius 2 is 1.90 bits per heavy atom. The first-order valence-corrected chi connectivity index (χ1v) is 9.10. The van der Waals surface area contributed by atoms with E-state index in [1.54, 1.807) is 0 Å². The van der Waals surface area contributed by atoms with Gasteiger partial charge in [0.1, 0.15) is 0 Å². The normalized spacial score (nSPS) is 23.9. The Morgan fingerprint density at radius 3 is 2.55 bits per heavy atom. The van der Waals surface area contributed by atoms with Gasteiger partial charge >= 0.3 is 0 Å². The van der Waals surface area contributed by atoms with Crippen molar-refractivity contribution in [3.05, 3.63) is 28.7 Å². The van der Waals surface area contributed by atoms with Gasteiger partial charge < -0.3 is 10.6 Å². The van der Waals surface area contributed by atoms with Crippen LogP contribution in [0.4, 0.5) is 5.69 Å². The van der Waals surface area contributed by atoms with E-state index in [1.807, 2.05) is 29.2 Å². The lowest BCUT2D eigenvalue weighted by Crippen LogP contribution is -2.56. The van der Waals surface area contributed by atoms with Gasteiger partial charge in [0.25, 0.3) is 0 Å². The van der Waals surface area contributed by atoms with E-state index < -0.39 is 9.84 Å². The fourth-order valence-electron chi connectivity index (χ4n) is 2.92. The lowest BCUT2D eigenvalue weighted by Gasteiger charge is -2.42. The van der Waals surface area contributed by atoms with Gasteiger partial charge in [0, 0.05) is 4.47 Å². The molecule has 0 aliphatic carbocycles. The molecule has 0 saturated carbocycles. The third kappa shape index (κ3) is 2.22. The molecule has 1 aromatic rings. The average Bonchev–Trinajstić information content (AvgIpc) is 2.72. The zero-order chi connectivity index (χ0) is 14.4. The number of nitrogens with two attached hydrogens (primary N) is 1. The number of hydrogen-bond donors (Lipinski definition) is 1. The molecule has 2 aliphatic heterocycles. The van der Waals surface area contributed by atoms with E-state index in [4.69, 9.17) is 5.73 Å². The van der Waals surface area contributed by atoms with Crippen molar-refractivity contribution in [2.75, 3.05) is 23.0 Å². The van der Waals surface area contributed by atoms with Crippen LogP contribution in [-0.4, -0.2) is 38.0 Å². The van der Waals surface area contributed by atoms with Crippen LogP contribution < -0.4 is 10.6 Å². The molecule has 3 rings (SSSR count). The molecule has 0 atom stereocenters. The molecular formula is C13H16BrN3O2S. The molecule has 2 N–H and O–H groups in total. The molecule has 0 radical (unpaired) electrons. The van der Waals surface area contributed by atoms with Crippen molar-refractivity contribution in [2.45, 2.75) is 18.4 Å². The lowest BCUT2D eigenvalue weighted by atomic mass is 9.90. The maximum Gasteiger partial charge on any atom is 0.196 e. The Bertz CT molecular complexity index is 658. The highest BCUT2D eigenvalue weighted by Gasteiger charge is 2.47. The predicted octanol–water partition coefficient (Wildman–Crippen LogP) is 1.53. The van der Waals surface area contributed by atoms with Crippen molar-refractivity contribution in [1.82, 2.24) is 0 Å². The molecule has 1 fully saturated rings. The first-order valence-electron chi connectivity index (χ1n) is 6.49. The molecule has 2 heterocycles. The van der Waals surface area contributed by atoms with Crippen molar-refractivity contribution in [2.24, 2.45) is 10.7 Å². The number of anilines is 1. The first kappa shape index (κ1) is 13.9. The van der Waals surface area contributed by atoms with Crippen LogP contribution in [0.2, 0.25) is 0 Å². The molecule has 1 saturated heterocycles. The van der Waals surface area contributed by atoms with Crippen LogP contribution in [0.15, 0.2) is 33.7 Å². The molecule has 0 aromatic heterocycles. The van der Waals surface area contributed by atoms with Crippen LogP contribution in [0, 0.1) is 0 Å². The standard InChI is InChI=1S/C13H16BrN3O2S/c14-10-3-1-2-4-11(10)17-12(15)16-9-13(17)5-7-20(18,19)8-6-13/h1-4H,5-9H2,(H2,15,16). The van der Waals surface area contributed by atoms with Gasteiger partial charge in [-0.25, -0.2) is 8.42 Å². The maximum atomic E-state index is 11.7. The summed E-state index contributed by atoms with van der Waals surface area (Å²) in [5.74, 6) is 0.879. The van der Waals surface area contributed by atoms with Crippen molar-refractivity contribution in [3.8, 4) is 0 Å². The summed E-state index contributed by atoms with van der Waals surface area (Å²) in [6, 6.07) is 7.81. The summed E-state index contributed by atoms with van der Waals surface area (Å²) in [7, 11) is -2.91. The number of aliphatic imine (C=N–C) groups is 1. The van der Waals surface area contributed by atoms with Crippen LogP contribution in [0.25, 0.3) is 0 Å². The predicted molar refractivity (Wildman–Crippen MR) is 83.7 cm³/mol. The van der Waals surface area contributed by atoms with Gasteiger partial charge in [0.2, 0.25) is 0 Å². The highest BCUT2D eigenvalue weighted by Crippen LogP contribution is 2.40. The molecule has 2 aliphatic rings. The Hall–Kier alpha value is -1.08. The summed E-state index contributed by atoms with van der Waals surface area (Å²) in [5.41, 5.74) is 6.72. The summed E-state index contributed by atoms with van der Waals surface area (Å²) in [5, 5.41) is 0. The molecular weight excluding hydrogens is 342 g/mol. The van der Waals surface area contributed by atoms with E-state index in [-0.39, 0.29) is 17.0 Å². The van der Waals surface area contributed by atoms with Crippen molar-refractivity contribution in [1.29, 1.82) is 0 Å². The number of guanidine groups is 1. The fourth-order valence-corrected chi connectivity index (χ4v) is 4.97. The second-order valence-corrected chi connectivity index (χ2v) is 8.50. The minimum atomic E-state index is -2.91. The Balaban J connectivity index is 2.00. The van der Waals surface area contributed by atoms with Gasteiger partial charge in [-0.1, -0.05) is 12.1 Å². The summed E-state index contributed by atoms with van der Waals surface area (Å²) < 4.78 is 24.3. The molecule has 1 aromatic carbocycles.